The van der Waals surface area contributed by atoms with Crippen molar-refractivity contribution in [2.24, 2.45) is 17.3 Å². The van der Waals surface area contributed by atoms with Gasteiger partial charge in [-0.1, -0.05) is 47.5 Å². The van der Waals surface area contributed by atoms with Gasteiger partial charge in [-0.15, -0.1) is 0 Å². The van der Waals surface area contributed by atoms with E-state index >= 15 is 0 Å². The molecule has 2 aliphatic rings. The van der Waals surface area contributed by atoms with Crippen LogP contribution in [0.4, 0.5) is 0 Å². The van der Waals surface area contributed by atoms with Crippen LogP contribution < -0.4 is 5.32 Å². The zero-order chi connectivity index (χ0) is 15.5. The lowest BCUT2D eigenvalue weighted by atomic mass is 9.69. The summed E-state index contributed by atoms with van der Waals surface area (Å²) in [7, 11) is 0. The number of nitrogens with zero attached hydrogens (tertiary/aromatic N) is 1. The standard InChI is InChI=1S/C19H38N2/c1-15(2)18(21-12-8-9-13-21)14-20-17-11-7-6-10-16(17)19(3,4)5/h15-18,20H,6-14H2,1-5H3. The third kappa shape index (κ3) is 4.69. The Labute approximate surface area is 133 Å². The second-order valence-corrected chi connectivity index (χ2v) is 8.83. The van der Waals surface area contributed by atoms with Crippen LogP contribution >= 0.6 is 0 Å². The number of hydrogen-bond donors (Lipinski definition) is 1. The monoisotopic (exact) mass is 294 g/mol. The van der Waals surface area contributed by atoms with Crippen molar-refractivity contribution < 1.29 is 0 Å². The molecule has 2 fully saturated rings. The molecule has 0 spiro atoms. The second kappa shape index (κ2) is 7.46. The van der Waals surface area contributed by atoms with Crippen LogP contribution in [-0.4, -0.2) is 36.6 Å². The molecule has 0 aromatic carbocycles. The average Bonchev–Trinajstić information content (AvgIpc) is 2.92. The Hall–Kier alpha value is -0.0800. The van der Waals surface area contributed by atoms with Gasteiger partial charge in [0.15, 0.2) is 0 Å². The molecule has 1 saturated heterocycles. The van der Waals surface area contributed by atoms with Gasteiger partial charge in [0.05, 0.1) is 0 Å². The van der Waals surface area contributed by atoms with E-state index in [-0.39, 0.29) is 0 Å². The predicted octanol–water partition coefficient (Wildman–Crippen LogP) is 4.30. The maximum Gasteiger partial charge on any atom is 0.0243 e. The first kappa shape index (κ1) is 17.3. The van der Waals surface area contributed by atoms with Crippen molar-refractivity contribution >= 4 is 0 Å². The lowest BCUT2D eigenvalue weighted by molar-refractivity contribution is 0.114. The largest absolute Gasteiger partial charge is 0.312 e. The Bertz CT molecular complexity index is 299. The fourth-order valence-corrected chi connectivity index (χ4v) is 4.54. The first-order valence-corrected chi connectivity index (χ1v) is 9.37. The highest BCUT2D eigenvalue weighted by molar-refractivity contribution is 4.90. The molecule has 1 aliphatic heterocycles. The van der Waals surface area contributed by atoms with Crippen LogP contribution in [0.15, 0.2) is 0 Å². The quantitative estimate of drug-likeness (QED) is 0.813. The molecule has 124 valence electrons. The van der Waals surface area contributed by atoms with E-state index in [1.54, 1.807) is 0 Å². The summed E-state index contributed by atoms with van der Waals surface area (Å²) >= 11 is 0. The lowest BCUT2D eigenvalue weighted by Gasteiger charge is -2.42. The van der Waals surface area contributed by atoms with Crippen LogP contribution in [0.1, 0.15) is 73.1 Å². The van der Waals surface area contributed by atoms with Gasteiger partial charge in [0.25, 0.3) is 0 Å². The molecule has 2 heteroatoms. The maximum absolute atomic E-state index is 3.99. The van der Waals surface area contributed by atoms with Crippen molar-refractivity contribution in [1.29, 1.82) is 0 Å². The summed E-state index contributed by atoms with van der Waals surface area (Å²) in [6, 6.07) is 1.47. The van der Waals surface area contributed by atoms with Crippen molar-refractivity contribution in [2.45, 2.75) is 85.2 Å². The Kier molecular flexibility index (Phi) is 6.14. The number of likely N-dealkylation sites (tertiary alicyclic amines) is 1. The van der Waals surface area contributed by atoms with E-state index in [1.807, 2.05) is 0 Å². The lowest BCUT2D eigenvalue weighted by Crippen LogP contribution is -2.51. The van der Waals surface area contributed by atoms with E-state index in [1.165, 1.54) is 58.2 Å². The molecule has 2 nitrogen and oxygen atoms in total. The highest BCUT2D eigenvalue weighted by atomic mass is 15.2. The van der Waals surface area contributed by atoms with Crippen LogP contribution in [0.25, 0.3) is 0 Å². The van der Waals surface area contributed by atoms with E-state index < -0.39 is 0 Å². The minimum Gasteiger partial charge on any atom is -0.312 e. The Morgan fingerprint density at radius 3 is 2.19 bits per heavy atom. The van der Waals surface area contributed by atoms with Gasteiger partial charge < -0.3 is 5.32 Å². The Morgan fingerprint density at radius 2 is 1.62 bits per heavy atom. The molecule has 2 rings (SSSR count). The average molecular weight is 295 g/mol. The molecule has 1 aliphatic carbocycles. The number of rotatable bonds is 5. The van der Waals surface area contributed by atoms with Crippen molar-refractivity contribution in [3.63, 3.8) is 0 Å². The second-order valence-electron chi connectivity index (χ2n) is 8.83. The molecule has 0 bridgehead atoms. The SMILES string of the molecule is CC(C)C(CNC1CCCCC1C(C)(C)C)N1CCCC1. The summed E-state index contributed by atoms with van der Waals surface area (Å²) in [6.45, 7) is 15.9. The first-order valence-electron chi connectivity index (χ1n) is 9.37. The fourth-order valence-electron chi connectivity index (χ4n) is 4.54. The van der Waals surface area contributed by atoms with Crippen molar-refractivity contribution in [2.75, 3.05) is 19.6 Å². The highest BCUT2D eigenvalue weighted by Crippen LogP contribution is 2.38. The topological polar surface area (TPSA) is 15.3 Å². The highest BCUT2D eigenvalue weighted by Gasteiger charge is 2.34. The molecule has 1 N–H and O–H groups in total. The molecule has 0 amide bonds. The van der Waals surface area contributed by atoms with Gasteiger partial charge in [0.1, 0.15) is 0 Å². The third-order valence-electron chi connectivity index (χ3n) is 5.85. The fraction of sp³-hybridized carbons (Fsp3) is 1.00. The normalized spacial score (nSPS) is 30.0. The van der Waals surface area contributed by atoms with E-state index in [9.17, 15) is 0 Å². The zero-order valence-electron chi connectivity index (χ0n) is 15.1. The van der Waals surface area contributed by atoms with Crippen LogP contribution in [0, 0.1) is 17.3 Å². The van der Waals surface area contributed by atoms with Crippen LogP contribution in [0.3, 0.4) is 0 Å². The Morgan fingerprint density at radius 1 is 1.00 bits per heavy atom. The van der Waals surface area contributed by atoms with E-state index in [4.69, 9.17) is 0 Å². The number of nitrogens with one attached hydrogen (secondary N) is 1. The minimum absolute atomic E-state index is 0.444. The summed E-state index contributed by atoms with van der Waals surface area (Å²) in [6.07, 6.45) is 8.44. The van der Waals surface area contributed by atoms with Crippen LogP contribution in [0.2, 0.25) is 0 Å². The molecule has 3 atom stereocenters. The van der Waals surface area contributed by atoms with Gasteiger partial charge in [-0.25, -0.2) is 0 Å². The van der Waals surface area contributed by atoms with E-state index in [0.29, 0.717) is 5.41 Å². The maximum atomic E-state index is 3.99. The summed E-state index contributed by atoms with van der Waals surface area (Å²) in [5.74, 6) is 1.60. The molecule has 0 radical (unpaired) electrons. The van der Waals surface area contributed by atoms with Crippen molar-refractivity contribution in [3.05, 3.63) is 0 Å². The molecule has 3 unspecified atom stereocenters. The molecule has 0 aromatic heterocycles. The molecular weight excluding hydrogens is 256 g/mol. The molecule has 1 saturated carbocycles. The Balaban J connectivity index is 1.92. The minimum atomic E-state index is 0.444. The molecule has 1 heterocycles. The summed E-state index contributed by atoms with van der Waals surface area (Å²) in [4.78, 5) is 2.73. The first-order chi connectivity index (χ1) is 9.89. The van der Waals surface area contributed by atoms with Gasteiger partial charge in [-0.05, 0) is 56.0 Å². The molecular formula is C19H38N2. The van der Waals surface area contributed by atoms with Gasteiger partial charge in [-0.2, -0.15) is 0 Å². The summed E-state index contributed by atoms with van der Waals surface area (Å²) < 4.78 is 0. The third-order valence-corrected chi connectivity index (χ3v) is 5.85. The van der Waals surface area contributed by atoms with E-state index in [0.717, 1.165) is 23.9 Å². The number of hydrogen-bond acceptors (Lipinski definition) is 2. The van der Waals surface area contributed by atoms with Crippen LogP contribution in [0.5, 0.6) is 0 Å². The van der Waals surface area contributed by atoms with Gasteiger partial charge >= 0.3 is 0 Å². The predicted molar refractivity (Wildman–Crippen MR) is 92.6 cm³/mol. The van der Waals surface area contributed by atoms with Gasteiger partial charge in [0, 0.05) is 18.6 Å². The zero-order valence-corrected chi connectivity index (χ0v) is 15.1. The van der Waals surface area contributed by atoms with Gasteiger partial charge in [0.2, 0.25) is 0 Å². The van der Waals surface area contributed by atoms with Gasteiger partial charge in [-0.3, -0.25) is 4.90 Å². The van der Waals surface area contributed by atoms with Crippen LogP contribution in [-0.2, 0) is 0 Å². The van der Waals surface area contributed by atoms with Crippen molar-refractivity contribution in [3.8, 4) is 0 Å². The summed E-state index contributed by atoms with van der Waals surface area (Å²) in [5, 5.41) is 3.99. The smallest absolute Gasteiger partial charge is 0.0243 e. The summed E-state index contributed by atoms with van der Waals surface area (Å²) in [5.41, 5.74) is 0.444. The van der Waals surface area contributed by atoms with Crippen molar-refractivity contribution in [1.82, 2.24) is 10.2 Å². The molecule has 21 heavy (non-hydrogen) atoms. The molecule has 0 aromatic rings. The van der Waals surface area contributed by atoms with E-state index in [2.05, 4.69) is 44.8 Å².